The molecule has 134 valence electrons. The minimum absolute atomic E-state index is 0.0130. The van der Waals surface area contributed by atoms with Gasteiger partial charge in [0, 0.05) is 50.1 Å². The summed E-state index contributed by atoms with van der Waals surface area (Å²) in [5.74, 6) is 0.927. The highest BCUT2D eigenvalue weighted by Crippen LogP contribution is 2.47. The first-order chi connectivity index (χ1) is 11.4. The number of nitrogens with zero attached hydrogens (tertiary/aromatic N) is 3. The third-order valence-corrected chi connectivity index (χ3v) is 5.21. The molecule has 1 atom stereocenters. The molecule has 24 heavy (non-hydrogen) atoms. The van der Waals surface area contributed by atoms with E-state index in [1.807, 2.05) is 11.1 Å². The van der Waals surface area contributed by atoms with Gasteiger partial charge in [0.05, 0.1) is 12.6 Å². The monoisotopic (exact) mass is 335 g/mol. The molecule has 0 radical (unpaired) electrons. The van der Waals surface area contributed by atoms with Crippen molar-refractivity contribution in [1.82, 2.24) is 19.8 Å². The molecule has 7 heteroatoms. The molecule has 1 aliphatic carbocycles. The Hall–Kier alpha value is -1.60. The number of hydrogen-bond acceptors (Lipinski definition) is 4. The van der Waals surface area contributed by atoms with Gasteiger partial charge in [-0.25, -0.2) is 9.78 Å². The summed E-state index contributed by atoms with van der Waals surface area (Å²) < 4.78 is 7.24. The van der Waals surface area contributed by atoms with Crippen molar-refractivity contribution in [3.05, 3.63) is 18.2 Å². The maximum absolute atomic E-state index is 12.6. The van der Waals surface area contributed by atoms with Gasteiger partial charge >= 0.3 is 6.03 Å². The van der Waals surface area contributed by atoms with E-state index in [0.717, 1.165) is 38.2 Å². The Morgan fingerprint density at radius 1 is 1.50 bits per heavy atom. The Morgan fingerprint density at radius 2 is 2.25 bits per heavy atom. The van der Waals surface area contributed by atoms with E-state index < -0.39 is 0 Å². The van der Waals surface area contributed by atoms with Crippen LogP contribution < -0.4 is 11.1 Å². The van der Waals surface area contributed by atoms with Gasteiger partial charge in [0.1, 0.15) is 5.82 Å². The fourth-order valence-corrected chi connectivity index (χ4v) is 3.48. The van der Waals surface area contributed by atoms with Gasteiger partial charge in [-0.15, -0.1) is 0 Å². The molecule has 7 nitrogen and oxygen atoms in total. The van der Waals surface area contributed by atoms with E-state index in [9.17, 15) is 4.79 Å². The molecule has 1 saturated heterocycles. The number of hydrogen-bond donors (Lipinski definition) is 2. The van der Waals surface area contributed by atoms with Gasteiger partial charge in [0.15, 0.2) is 0 Å². The number of imidazole rings is 1. The van der Waals surface area contributed by atoms with Gasteiger partial charge in [-0.3, -0.25) is 0 Å². The Bertz CT molecular complexity index is 594. The largest absolute Gasteiger partial charge is 0.383 e. The summed E-state index contributed by atoms with van der Waals surface area (Å²) in [7, 11) is 1.69. The molecule has 1 aliphatic heterocycles. The van der Waals surface area contributed by atoms with E-state index >= 15 is 0 Å². The Morgan fingerprint density at radius 3 is 2.88 bits per heavy atom. The lowest BCUT2D eigenvalue weighted by molar-refractivity contribution is -0.0238. The van der Waals surface area contributed by atoms with Crippen molar-refractivity contribution < 1.29 is 9.53 Å². The molecule has 2 fully saturated rings. The summed E-state index contributed by atoms with van der Waals surface area (Å²) in [5, 5.41) is 3.02. The van der Waals surface area contributed by atoms with Crippen LogP contribution in [0.5, 0.6) is 0 Å². The van der Waals surface area contributed by atoms with Crippen LogP contribution in [0.25, 0.3) is 0 Å². The second kappa shape index (κ2) is 6.37. The molecule has 3 rings (SSSR count). The van der Waals surface area contributed by atoms with E-state index in [4.69, 9.17) is 10.5 Å². The number of amides is 2. The van der Waals surface area contributed by atoms with Gasteiger partial charge in [-0.05, 0) is 19.3 Å². The maximum Gasteiger partial charge on any atom is 0.318 e. The average Bonchev–Trinajstić information content (AvgIpc) is 3.08. The quantitative estimate of drug-likeness (QED) is 0.791. The molecular weight excluding hydrogens is 306 g/mol. The van der Waals surface area contributed by atoms with Crippen LogP contribution in [0.15, 0.2) is 12.4 Å². The molecule has 1 saturated carbocycles. The third kappa shape index (κ3) is 3.42. The number of urea groups is 1. The van der Waals surface area contributed by atoms with Crippen molar-refractivity contribution in [2.24, 2.45) is 11.1 Å². The van der Waals surface area contributed by atoms with Crippen LogP contribution in [0, 0.1) is 5.41 Å². The highest BCUT2D eigenvalue weighted by molar-refractivity contribution is 5.76. The normalized spacial score (nSPS) is 23.7. The highest BCUT2D eigenvalue weighted by Gasteiger charge is 2.51. The van der Waals surface area contributed by atoms with Crippen molar-refractivity contribution in [2.45, 2.75) is 51.2 Å². The standard InChI is InChI=1S/C17H29N5O2/c1-16(2)12-22(15(23)20-7-6-17(18)4-5-17)13(16)14-19-8-9-21(14)10-11-24-3/h8-9,13H,4-7,10-12,18H2,1-3H3,(H,20,23). The van der Waals surface area contributed by atoms with Crippen LogP contribution in [-0.2, 0) is 11.3 Å². The summed E-state index contributed by atoms with van der Waals surface area (Å²) in [6.45, 7) is 7.09. The molecular formula is C17H29N5O2. The third-order valence-electron chi connectivity index (χ3n) is 5.21. The summed E-state index contributed by atoms with van der Waals surface area (Å²) in [6.07, 6.45) is 6.73. The second-order valence-corrected chi connectivity index (χ2v) is 7.83. The van der Waals surface area contributed by atoms with E-state index in [-0.39, 0.29) is 23.0 Å². The van der Waals surface area contributed by atoms with Gasteiger partial charge in [-0.1, -0.05) is 13.8 Å². The van der Waals surface area contributed by atoms with Gasteiger partial charge in [0.2, 0.25) is 0 Å². The van der Waals surface area contributed by atoms with Crippen LogP contribution in [-0.4, -0.2) is 52.8 Å². The molecule has 1 unspecified atom stereocenters. The highest BCUT2D eigenvalue weighted by atomic mass is 16.5. The molecule has 0 spiro atoms. The Labute approximate surface area is 143 Å². The predicted molar refractivity (Wildman–Crippen MR) is 91.5 cm³/mol. The smallest absolute Gasteiger partial charge is 0.318 e. The lowest BCUT2D eigenvalue weighted by Gasteiger charge is -2.53. The van der Waals surface area contributed by atoms with Gasteiger partial charge < -0.3 is 25.3 Å². The molecule has 0 aromatic carbocycles. The topological polar surface area (TPSA) is 85.4 Å². The molecule has 3 N–H and O–H groups in total. The zero-order chi connectivity index (χ0) is 17.4. The van der Waals surface area contributed by atoms with Crippen molar-refractivity contribution in [3.8, 4) is 0 Å². The molecule has 0 bridgehead atoms. The first kappa shape index (κ1) is 17.2. The molecule has 1 aromatic heterocycles. The first-order valence-corrected chi connectivity index (χ1v) is 8.70. The molecule has 2 heterocycles. The van der Waals surface area contributed by atoms with E-state index in [1.54, 1.807) is 13.3 Å². The van der Waals surface area contributed by atoms with Crippen molar-refractivity contribution >= 4 is 6.03 Å². The number of carbonyl (C=O) groups excluding carboxylic acids is 1. The summed E-state index contributed by atoms with van der Waals surface area (Å²) >= 11 is 0. The zero-order valence-corrected chi connectivity index (χ0v) is 14.9. The minimum Gasteiger partial charge on any atom is -0.383 e. The van der Waals surface area contributed by atoms with Crippen molar-refractivity contribution in [1.29, 1.82) is 0 Å². The minimum atomic E-state index is -0.0304. The van der Waals surface area contributed by atoms with E-state index in [2.05, 4.69) is 28.7 Å². The Kier molecular flexibility index (Phi) is 4.57. The number of aromatic nitrogens is 2. The van der Waals surface area contributed by atoms with E-state index in [1.165, 1.54) is 0 Å². The van der Waals surface area contributed by atoms with Crippen molar-refractivity contribution in [3.63, 3.8) is 0 Å². The predicted octanol–water partition coefficient (Wildman–Crippen LogP) is 1.50. The number of likely N-dealkylation sites (tertiary alicyclic amines) is 1. The second-order valence-electron chi connectivity index (χ2n) is 7.83. The van der Waals surface area contributed by atoms with Crippen LogP contribution in [0.3, 0.4) is 0 Å². The number of rotatable bonds is 7. The summed E-state index contributed by atoms with van der Waals surface area (Å²) in [5.41, 5.74) is 6.06. The van der Waals surface area contributed by atoms with E-state index in [0.29, 0.717) is 13.2 Å². The molecule has 1 aromatic rings. The first-order valence-electron chi connectivity index (χ1n) is 8.70. The molecule has 2 amide bonds. The number of carbonyl (C=O) groups is 1. The lowest BCUT2D eigenvalue weighted by atomic mass is 9.74. The Balaban J connectivity index is 1.63. The van der Waals surface area contributed by atoms with Crippen LogP contribution in [0.4, 0.5) is 4.79 Å². The van der Waals surface area contributed by atoms with Crippen molar-refractivity contribution in [2.75, 3.05) is 26.8 Å². The van der Waals surface area contributed by atoms with Crippen LogP contribution >= 0.6 is 0 Å². The van der Waals surface area contributed by atoms with Gasteiger partial charge in [-0.2, -0.15) is 0 Å². The summed E-state index contributed by atoms with van der Waals surface area (Å²) in [4.78, 5) is 19.0. The summed E-state index contributed by atoms with van der Waals surface area (Å²) in [6, 6.07) is -0.0398. The number of ether oxygens (including phenoxy) is 1. The average molecular weight is 335 g/mol. The fourth-order valence-electron chi connectivity index (χ4n) is 3.48. The fraction of sp³-hybridized carbons (Fsp3) is 0.765. The van der Waals surface area contributed by atoms with Crippen LogP contribution in [0.1, 0.15) is 45.0 Å². The number of methoxy groups -OCH3 is 1. The lowest BCUT2D eigenvalue weighted by Crippen LogP contribution is -2.61. The number of nitrogens with two attached hydrogens (primary N) is 1. The SMILES string of the molecule is COCCn1ccnc1C1N(C(=O)NCCC2(N)CC2)CC1(C)C. The zero-order valence-electron chi connectivity index (χ0n) is 14.9. The maximum atomic E-state index is 12.6. The van der Waals surface area contributed by atoms with Crippen LogP contribution in [0.2, 0.25) is 0 Å². The van der Waals surface area contributed by atoms with Gasteiger partial charge in [0.25, 0.3) is 0 Å². The number of nitrogens with one attached hydrogen (secondary N) is 1. The molecule has 2 aliphatic rings.